The van der Waals surface area contributed by atoms with E-state index in [1.165, 1.54) is 96.3 Å². The number of carbonyl (C=O) groups excluding carboxylic acids is 2. The number of hydrogen-bond donors (Lipinski definition) is 0. The van der Waals surface area contributed by atoms with E-state index in [1.807, 2.05) is 6.08 Å². The molecule has 364 valence electrons. The van der Waals surface area contributed by atoms with E-state index in [1.54, 1.807) is 0 Å². The van der Waals surface area contributed by atoms with Gasteiger partial charge in [-0.05, 0) is 109 Å². The Balaban J connectivity index is 4.42. The molecule has 5 heteroatoms. The second kappa shape index (κ2) is 53.9. The van der Waals surface area contributed by atoms with E-state index in [-0.39, 0.29) is 25.2 Å². The van der Waals surface area contributed by atoms with Gasteiger partial charge < -0.3 is 14.2 Å². The highest BCUT2D eigenvalue weighted by molar-refractivity contribution is 5.70. The Kier molecular flexibility index (Phi) is 51.0. The molecule has 5 nitrogen and oxygen atoms in total. The van der Waals surface area contributed by atoms with E-state index in [2.05, 4.69) is 124 Å². The zero-order valence-corrected chi connectivity index (χ0v) is 41.8. The largest absolute Gasteiger partial charge is 0.462 e. The summed E-state index contributed by atoms with van der Waals surface area (Å²) in [5.41, 5.74) is 0. The van der Waals surface area contributed by atoms with Crippen LogP contribution in [0.3, 0.4) is 0 Å². The molecule has 0 rings (SSSR count). The smallest absolute Gasteiger partial charge is 0.306 e. The molecule has 0 saturated heterocycles. The number of esters is 2. The molecule has 0 bridgehead atoms. The molecule has 0 aliphatic rings. The van der Waals surface area contributed by atoms with Crippen molar-refractivity contribution in [1.82, 2.24) is 0 Å². The summed E-state index contributed by atoms with van der Waals surface area (Å²) in [6, 6.07) is 0. The van der Waals surface area contributed by atoms with Crippen molar-refractivity contribution in [2.24, 2.45) is 0 Å². The van der Waals surface area contributed by atoms with Crippen LogP contribution in [0.25, 0.3) is 0 Å². The van der Waals surface area contributed by atoms with E-state index >= 15 is 0 Å². The van der Waals surface area contributed by atoms with Crippen LogP contribution < -0.4 is 0 Å². The topological polar surface area (TPSA) is 61.8 Å². The fourth-order valence-electron chi connectivity index (χ4n) is 6.86. The Morgan fingerprint density at radius 1 is 0.359 bits per heavy atom. The van der Waals surface area contributed by atoms with Gasteiger partial charge in [0.2, 0.25) is 0 Å². The van der Waals surface area contributed by atoms with Crippen LogP contribution in [0.15, 0.2) is 109 Å². The maximum atomic E-state index is 12.8. The lowest BCUT2D eigenvalue weighted by Crippen LogP contribution is -2.30. The minimum Gasteiger partial charge on any atom is -0.462 e. The lowest BCUT2D eigenvalue weighted by Gasteiger charge is -2.18. The van der Waals surface area contributed by atoms with Gasteiger partial charge in [-0.3, -0.25) is 9.59 Å². The summed E-state index contributed by atoms with van der Waals surface area (Å²) >= 11 is 0. The van der Waals surface area contributed by atoms with E-state index in [0.29, 0.717) is 25.9 Å². The van der Waals surface area contributed by atoms with Crippen molar-refractivity contribution in [1.29, 1.82) is 0 Å². The van der Waals surface area contributed by atoms with Crippen molar-refractivity contribution >= 4 is 11.9 Å². The molecule has 1 unspecified atom stereocenters. The lowest BCUT2D eigenvalue weighted by molar-refractivity contribution is -0.162. The van der Waals surface area contributed by atoms with Gasteiger partial charge >= 0.3 is 11.9 Å². The van der Waals surface area contributed by atoms with Crippen LogP contribution in [0.5, 0.6) is 0 Å². The van der Waals surface area contributed by atoms with Gasteiger partial charge in [-0.1, -0.05) is 214 Å². The molecule has 0 heterocycles. The molecule has 0 amide bonds. The average Bonchev–Trinajstić information content (AvgIpc) is 3.30. The first-order chi connectivity index (χ1) is 31.6. The van der Waals surface area contributed by atoms with Crippen molar-refractivity contribution in [3.8, 4) is 0 Å². The van der Waals surface area contributed by atoms with Crippen LogP contribution >= 0.6 is 0 Å². The molecule has 64 heavy (non-hydrogen) atoms. The first-order valence-corrected chi connectivity index (χ1v) is 26.4. The minimum absolute atomic E-state index is 0.0314. The van der Waals surface area contributed by atoms with E-state index in [9.17, 15) is 9.59 Å². The van der Waals surface area contributed by atoms with Gasteiger partial charge in [-0.2, -0.15) is 0 Å². The number of unbranched alkanes of at least 4 members (excludes halogenated alkanes) is 18. The SMILES string of the molecule is CC/C=C\C/C=C\C/C=C\C/C=C\C/C=C\C/C=C\CCC(=O)OCC(COCCCCCCCC/C=C\CCCCCCCC)OC(=O)CCCCCCC/C=C\C/C=C\CCC. The molecule has 0 fully saturated rings. The van der Waals surface area contributed by atoms with Gasteiger partial charge in [0.05, 0.1) is 6.61 Å². The first kappa shape index (κ1) is 60.6. The van der Waals surface area contributed by atoms with Crippen molar-refractivity contribution < 1.29 is 23.8 Å². The molecule has 0 saturated carbocycles. The zero-order valence-electron chi connectivity index (χ0n) is 41.8. The first-order valence-electron chi connectivity index (χ1n) is 26.4. The quantitative estimate of drug-likeness (QED) is 0.0346. The van der Waals surface area contributed by atoms with Crippen LogP contribution in [0.1, 0.15) is 226 Å². The molecule has 1 atom stereocenters. The second-order valence-electron chi connectivity index (χ2n) is 17.0. The lowest BCUT2D eigenvalue weighted by atomic mass is 10.1. The molecule has 0 aliphatic heterocycles. The molecule has 0 aromatic carbocycles. The van der Waals surface area contributed by atoms with E-state index < -0.39 is 6.10 Å². The van der Waals surface area contributed by atoms with Crippen molar-refractivity contribution in [2.75, 3.05) is 19.8 Å². The Morgan fingerprint density at radius 3 is 1.27 bits per heavy atom. The predicted octanol–water partition coefficient (Wildman–Crippen LogP) is 18.0. The van der Waals surface area contributed by atoms with Gasteiger partial charge in [0.15, 0.2) is 6.10 Å². The fourth-order valence-corrected chi connectivity index (χ4v) is 6.86. The summed E-state index contributed by atoms with van der Waals surface area (Å²) in [5.74, 6) is -0.518. The van der Waals surface area contributed by atoms with Gasteiger partial charge in [-0.15, -0.1) is 0 Å². The van der Waals surface area contributed by atoms with Crippen LogP contribution in [-0.4, -0.2) is 37.9 Å². The maximum absolute atomic E-state index is 12.8. The predicted molar refractivity (Wildman–Crippen MR) is 279 cm³/mol. The van der Waals surface area contributed by atoms with Crippen LogP contribution in [0.2, 0.25) is 0 Å². The third-order valence-corrected chi connectivity index (χ3v) is 10.8. The van der Waals surface area contributed by atoms with Gasteiger partial charge in [0, 0.05) is 19.4 Å². The molecule has 0 aliphatic carbocycles. The molecule has 0 spiro atoms. The maximum Gasteiger partial charge on any atom is 0.306 e. The van der Waals surface area contributed by atoms with Crippen LogP contribution in [0.4, 0.5) is 0 Å². The molecule has 0 aromatic heterocycles. The summed E-state index contributed by atoms with van der Waals surface area (Å²) < 4.78 is 17.3. The Morgan fingerprint density at radius 2 is 0.766 bits per heavy atom. The summed E-state index contributed by atoms with van der Waals surface area (Å²) in [6.07, 6.45) is 74.0. The third-order valence-electron chi connectivity index (χ3n) is 10.8. The average molecular weight is 887 g/mol. The standard InChI is InChI=1S/C59H98O5/c1-4-7-10-13-16-19-22-25-27-29-30-31-32-35-37-40-43-46-49-52-58(60)63-56-57(64-59(61)53-50-47-44-41-38-34-24-21-18-15-12-9-6-3)55-62-54-51-48-45-42-39-36-33-28-26-23-20-17-14-11-8-5-2/h7,10,12,15-16,19,21,24-28,30-31,35,37,43,46,57H,4-6,8-9,11,13-14,17-18,20,22-23,29,32-34,36,38-42,44-45,47-56H2,1-3H3/b10-7-,15-12-,19-16-,24-21-,27-25-,28-26-,31-30-,37-35-,46-43-. The highest BCUT2D eigenvalue weighted by atomic mass is 16.6. The summed E-state index contributed by atoms with van der Waals surface area (Å²) in [7, 11) is 0. The van der Waals surface area contributed by atoms with Crippen molar-refractivity contribution in [3.63, 3.8) is 0 Å². The second-order valence-corrected chi connectivity index (χ2v) is 17.0. The molecule has 0 radical (unpaired) electrons. The zero-order chi connectivity index (χ0) is 46.3. The summed E-state index contributed by atoms with van der Waals surface area (Å²) in [6.45, 7) is 7.53. The fraction of sp³-hybridized carbons (Fsp3) is 0.661. The number of ether oxygens (including phenoxy) is 3. The van der Waals surface area contributed by atoms with Gasteiger partial charge in [0.1, 0.15) is 6.61 Å². The highest BCUT2D eigenvalue weighted by Gasteiger charge is 2.17. The Bertz CT molecular complexity index is 1280. The van der Waals surface area contributed by atoms with E-state index in [0.717, 1.165) is 89.9 Å². The molecular weight excluding hydrogens is 789 g/mol. The monoisotopic (exact) mass is 887 g/mol. The van der Waals surface area contributed by atoms with Crippen LogP contribution in [0, 0.1) is 0 Å². The summed E-state index contributed by atoms with van der Waals surface area (Å²) in [4.78, 5) is 25.4. The molecular formula is C59H98O5. The van der Waals surface area contributed by atoms with Crippen molar-refractivity contribution in [2.45, 2.75) is 232 Å². The third kappa shape index (κ3) is 51.2. The van der Waals surface area contributed by atoms with Crippen molar-refractivity contribution in [3.05, 3.63) is 109 Å². The Hall–Kier alpha value is -3.44. The normalized spacial score (nSPS) is 13.1. The van der Waals surface area contributed by atoms with Gasteiger partial charge in [0.25, 0.3) is 0 Å². The highest BCUT2D eigenvalue weighted by Crippen LogP contribution is 2.12. The number of carbonyl (C=O) groups is 2. The number of hydrogen-bond acceptors (Lipinski definition) is 5. The summed E-state index contributed by atoms with van der Waals surface area (Å²) in [5, 5.41) is 0. The Labute approximate surface area is 395 Å². The number of rotatable bonds is 47. The minimum atomic E-state index is -0.583. The number of allylic oxidation sites excluding steroid dienone is 18. The molecule has 0 N–H and O–H groups in total. The van der Waals surface area contributed by atoms with Gasteiger partial charge in [-0.25, -0.2) is 0 Å². The molecule has 0 aromatic rings. The van der Waals surface area contributed by atoms with E-state index in [4.69, 9.17) is 14.2 Å². The van der Waals surface area contributed by atoms with Crippen LogP contribution in [-0.2, 0) is 23.8 Å².